The maximum atomic E-state index is 13.0. The maximum absolute atomic E-state index is 13.0. The summed E-state index contributed by atoms with van der Waals surface area (Å²) in [7, 11) is 0. The summed E-state index contributed by atoms with van der Waals surface area (Å²) in [4.78, 5) is 27.2. The van der Waals surface area contributed by atoms with Crippen LogP contribution in [0.15, 0.2) is 48.5 Å². The monoisotopic (exact) mass is 393 g/mol. The highest BCUT2D eigenvalue weighted by Gasteiger charge is 2.31. The molecule has 1 amide bonds. The number of nitrogens with zero attached hydrogens (tertiary/aromatic N) is 1. The third-order valence-electron chi connectivity index (χ3n) is 4.02. The summed E-state index contributed by atoms with van der Waals surface area (Å²) in [6, 6.07) is 13.4. The molecule has 1 aliphatic rings. The Hall–Kier alpha value is -2.08. The molecule has 0 aliphatic carbocycles. The summed E-state index contributed by atoms with van der Waals surface area (Å²) in [6.45, 7) is 1.83. The smallest absolute Gasteiger partial charge is 0.340 e. The molecule has 1 heterocycles. The molecular formula is C19H17Cl2NO4. The fraction of sp³-hybridized carbons (Fsp3) is 0.263. The molecule has 2 aromatic carbocycles. The maximum Gasteiger partial charge on any atom is 0.340 e. The van der Waals surface area contributed by atoms with Gasteiger partial charge in [-0.25, -0.2) is 4.79 Å². The van der Waals surface area contributed by atoms with Gasteiger partial charge < -0.3 is 14.4 Å². The number of hydrogen-bond donors (Lipinski definition) is 0. The van der Waals surface area contributed by atoms with Gasteiger partial charge in [-0.3, -0.25) is 4.79 Å². The molecule has 1 aliphatic heterocycles. The van der Waals surface area contributed by atoms with Crippen molar-refractivity contribution >= 4 is 35.1 Å². The van der Waals surface area contributed by atoms with Crippen molar-refractivity contribution in [2.45, 2.75) is 6.10 Å². The van der Waals surface area contributed by atoms with Crippen LogP contribution >= 0.6 is 23.2 Å². The predicted octanol–water partition coefficient (Wildman–Crippen LogP) is 3.75. The van der Waals surface area contributed by atoms with Gasteiger partial charge in [-0.2, -0.15) is 0 Å². The second kappa shape index (κ2) is 8.54. The van der Waals surface area contributed by atoms with Crippen LogP contribution in [0.5, 0.6) is 0 Å². The van der Waals surface area contributed by atoms with Gasteiger partial charge in [0, 0.05) is 23.7 Å². The lowest BCUT2D eigenvalue weighted by molar-refractivity contribution is -0.145. The lowest BCUT2D eigenvalue weighted by atomic mass is 10.1. The number of rotatable bonds is 4. The molecule has 2 aromatic rings. The van der Waals surface area contributed by atoms with E-state index in [0.29, 0.717) is 36.9 Å². The number of carbonyl (C=O) groups excluding carboxylic acids is 2. The first-order valence-electron chi connectivity index (χ1n) is 8.14. The van der Waals surface area contributed by atoms with Crippen molar-refractivity contribution < 1.29 is 19.1 Å². The number of hydrogen-bond acceptors (Lipinski definition) is 4. The highest BCUT2D eigenvalue weighted by atomic mass is 35.5. The van der Waals surface area contributed by atoms with E-state index in [0.717, 1.165) is 0 Å². The number of amides is 1. The summed E-state index contributed by atoms with van der Waals surface area (Å²) < 4.78 is 10.8. The number of halogens is 2. The average Bonchev–Trinajstić information content (AvgIpc) is 2.68. The van der Waals surface area contributed by atoms with Crippen molar-refractivity contribution in [3.63, 3.8) is 0 Å². The lowest BCUT2D eigenvalue weighted by Crippen LogP contribution is -2.44. The summed E-state index contributed by atoms with van der Waals surface area (Å²) in [5, 5.41) is 0.571. The zero-order chi connectivity index (χ0) is 18.5. The molecular weight excluding hydrogens is 377 g/mol. The molecule has 0 N–H and O–H groups in total. The predicted molar refractivity (Wildman–Crippen MR) is 98.5 cm³/mol. The van der Waals surface area contributed by atoms with Gasteiger partial charge in [-0.1, -0.05) is 53.5 Å². The van der Waals surface area contributed by atoms with Crippen LogP contribution in [0.2, 0.25) is 10.0 Å². The number of morpholine rings is 1. The van der Waals surface area contributed by atoms with Crippen LogP contribution in [-0.2, 0) is 14.3 Å². The third-order valence-corrected chi connectivity index (χ3v) is 4.59. The van der Waals surface area contributed by atoms with Crippen molar-refractivity contribution in [1.29, 1.82) is 0 Å². The van der Waals surface area contributed by atoms with Crippen molar-refractivity contribution in [3.8, 4) is 0 Å². The topological polar surface area (TPSA) is 55.8 Å². The first-order chi connectivity index (χ1) is 12.6. The number of ether oxygens (including phenoxy) is 2. The fourth-order valence-corrected chi connectivity index (χ4v) is 3.03. The van der Waals surface area contributed by atoms with Crippen molar-refractivity contribution in [2.24, 2.45) is 0 Å². The van der Waals surface area contributed by atoms with E-state index in [2.05, 4.69) is 0 Å². The van der Waals surface area contributed by atoms with E-state index >= 15 is 0 Å². The quantitative estimate of drug-likeness (QED) is 0.742. The normalized spacial score (nSPS) is 15.4. The number of carbonyl (C=O) groups is 2. The molecule has 3 rings (SSSR count). The van der Waals surface area contributed by atoms with Crippen LogP contribution in [0.3, 0.4) is 0 Å². The van der Waals surface area contributed by atoms with Crippen molar-refractivity contribution in [1.82, 2.24) is 4.90 Å². The first-order valence-corrected chi connectivity index (χ1v) is 8.89. The van der Waals surface area contributed by atoms with Crippen LogP contribution in [0, 0.1) is 0 Å². The second-order valence-corrected chi connectivity index (χ2v) is 6.60. The van der Waals surface area contributed by atoms with Crippen molar-refractivity contribution in [3.05, 3.63) is 69.7 Å². The first kappa shape index (κ1) is 18.7. The van der Waals surface area contributed by atoms with E-state index in [9.17, 15) is 9.59 Å². The van der Waals surface area contributed by atoms with Gasteiger partial charge in [-0.15, -0.1) is 0 Å². The SMILES string of the molecule is O=C(O[C@@H](C(=O)N1CCOCC1)c1ccccc1)c1cc(Cl)ccc1Cl. The van der Waals surface area contributed by atoms with Gasteiger partial charge in [-0.05, 0) is 18.2 Å². The Morgan fingerprint density at radius 2 is 1.73 bits per heavy atom. The van der Waals surface area contributed by atoms with Crippen molar-refractivity contribution in [2.75, 3.05) is 26.3 Å². The van der Waals surface area contributed by atoms with Gasteiger partial charge in [0.2, 0.25) is 6.10 Å². The molecule has 0 bridgehead atoms. The molecule has 0 unspecified atom stereocenters. The Labute approximate surface area is 161 Å². The minimum Gasteiger partial charge on any atom is -0.444 e. The molecule has 0 saturated carbocycles. The molecule has 1 saturated heterocycles. The van der Waals surface area contributed by atoms with E-state index in [4.69, 9.17) is 32.7 Å². The Morgan fingerprint density at radius 1 is 1.04 bits per heavy atom. The van der Waals surface area contributed by atoms with E-state index in [1.807, 2.05) is 6.07 Å². The lowest BCUT2D eigenvalue weighted by Gasteiger charge is -2.30. The van der Waals surface area contributed by atoms with Gasteiger partial charge in [0.15, 0.2) is 0 Å². The molecule has 136 valence electrons. The van der Waals surface area contributed by atoms with Crippen LogP contribution in [0.1, 0.15) is 22.0 Å². The Bertz CT molecular complexity index is 791. The second-order valence-electron chi connectivity index (χ2n) is 5.76. The Morgan fingerprint density at radius 3 is 2.42 bits per heavy atom. The minimum atomic E-state index is -1.06. The van der Waals surface area contributed by atoms with Crippen LogP contribution in [-0.4, -0.2) is 43.1 Å². The third kappa shape index (κ3) is 4.36. The van der Waals surface area contributed by atoms with Gasteiger partial charge in [0.05, 0.1) is 23.8 Å². The Balaban J connectivity index is 1.87. The fourth-order valence-electron chi connectivity index (χ4n) is 2.66. The highest BCUT2D eigenvalue weighted by molar-refractivity contribution is 6.35. The van der Waals surface area contributed by atoms with Crippen LogP contribution in [0.25, 0.3) is 0 Å². The molecule has 1 fully saturated rings. The highest BCUT2D eigenvalue weighted by Crippen LogP contribution is 2.26. The number of benzene rings is 2. The molecule has 0 aromatic heterocycles. The van der Waals surface area contributed by atoms with E-state index < -0.39 is 12.1 Å². The summed E-state index contributed by atoms with van der Waals surface area (Å²) in [6.07, 6.45) is -1.06. The van der Waals surface area contributed by atoms with Gasteiger partial charge in [0.25, 0.3) is 5.91 Å². The molecule has 1 atom stereocenters. The summed E-state index contributed by atoms with van der Waals surface area (Å²) >= 11 is 12.0. The van der Waals surface area contributed by atoms with E-state index in [1.165, 1.54) is 12.1 Å². The molecule has 26 heavy (non-hydrogen) atoms. The van der Waals surface area contributed by atoms with Crippen LogP contribution < -0.4 is 0 Å². The standard InChI is InChI=1S/C19H17Cl2NO4/c20-14-6-7-16(21)15(12-14)19(24)26-17(13-4-2-1-3-5-13)18(23)22-8-10-25-11-9-22/h1-7,12,17H,8-11H2/t17-/m1/s1. The largest absolute Gasteiger partial charge is 0.444 e. The molecule has 5 nitrogen and oxygen atoms in total. The van der Waals surface area contributed by atoms with Gasteiger partial charge >= 0.3 is 5.97 Å². The van der Waals surface area contributed by atoms with E-state index in [1.54, 1.807) is 35.2 Å². The summed E-state index contributed by atoms with van der Waals surface area (Å²) in [5.74, 6) is -0.987. The zero-order valence-corrected chi connectivity index (χ0v) is 15.4. The molecule has 7 heteroatoms. The average molecular weight is 394 g/mol. The van der Waals surface area contributed by atoms with E-state index in [-0.39, 0.29) is 16.5 Å². The zero-order valence-electron chi connectivity index (χ0n) is 13.9. The molecule has 0 radical (unpaired) electrons. The number of esters is 1. The Kier molecular flexibility index (Phi) is 6.14. The van der Waals surface area contributed by atoms with Crippen LogP contribution in [0.4, 0.5) is 0 Å². The summed E-state index contributed by atoms with van der Waals surface area (Å²) in [5.41, 5.74) is 0.713. The minimum absolute atomic E-state index is 0.120. The van der Waals surface area contributed by atoms with Gasteiger partial charge in [0.1, 0.15) is 0 Å². The molecule has 0 spiro atoms.